The van der Waals surface area contributed by atoms with Gasteiger partial charge in [0, 0.05) is 5.41 Å². The van der Waals surface area contributed by atoms with Gasteiger partial charge in [0.2, 0.25) is 0 Å². The van der Waals surface area contributed by atoms with Crippen molar-refractivity contribution in [3.8, 4) is 0 Å². The van der Waals surface area contributed by atoms with Crippen LogP contribution in [-0.2, 0) is 4.79 Å². The molecule has 2 aliphatic rings. The highest BCUT2D eigenvalue weighted by Crippen LogP contribution is 2.49. The van der Waals surface area contributed by atoms with Crippen LogP contribution in [-0.4, -0.2) is 6.29 Å². The lowest BCUT2D eigenvalue weighted by molar-refractivity contribution is -0.122. The molecule has 0 heterocycles. The second-order valence-corrected chi connectivity index (χ2v) is 5.21. The summed E-state index contributed by atoms with van der Waals surface area (Å²) in [5.74, 6) is 1.70. The number of hydrogen-bond donors (Lipinski definition) is 0. The van der Waals surface area contributed by atoms with Crippen LogP contribution in [0, 0.1) is 23.2 Å². The molecule has 0 unspecified atom stereocenters. The highest BCUT2D eigenvalue weighted by molar-refractivity contribution is 5.61. The van der Waals surface area contributed by atoms with E-state index in [9.17, 15) is 4.79 Å². The third kappa shape index (κ3) is 1.34. The predicted octanol–water partition coefficient (Wildman–Crippen LogP) is 3.20. The predicted molar refractivity (Wildman–Crippen MR) is 57.9 cm³/mol. The van der Waals surface area contributed by atoms with E-state index in [0.717, 1.165) is 0 Å². The normalized spacial score (nSPS) is 47.1. The standard InChI is InChI=1S/C13H20O/c1-10-7-8-11-5-3-4-6-12(11)13(10,2)9-14/h7-12H,3-6H2,1-2H3/t10-,11+,12-,13-/m1/s1. The van der Waals surface area contributed by atoms with Gasteiger partial charge in [0.1, 0.15) is 6.29 Å². The summed E-state index contributed by atoms with van der Waals surface area (Å²) < 4.78 is 0. The Morgan fingerprint density at radius 1 is 1.29 bits per heavy atom. The van der Waals surface area contributed by atoms with Crippen molar-refractivity contribution in [2.24, 2.45) is 23.2 Å². The smallest absolute Gasteiger partial charge is 0.126 e. The van der Waals surface area contributed by atoms with E-state index < -0.39 is 0 Å². The molecule has 0 aromatic rings. The quantitative estimate of drug-likeness (QED) is 0.460. The summed E-state index contributed by atoms with van der Waals surface area (Å²) in [6.07, 6.45) is 11.0. The first-order valence-electron chi connectivity index (χ1n) is 5.83. The highest BCUT2D eigenvalue weighted by atomic mass is 16.1. The molecule has 0 spiro atoms. The van der Waals surface area contributed by atoms with Crippen molar-refractivity contribution in [1.29, 1.82) is 0 Å². The lowest BCUT2D eigenvalue weighted by Crippen LogP contribution is -2.42. The van der Waals surface area contributed by atoms with E-state index in [2.05, 4.69) is 26.0 Å². The maximum absolute atomic E-state index is 11.3. The number of allylic oxidation sites excluding steroid dienone is 2. The van der Waals surface area contributed by atoms with E-state index in [0.29, 0.717) is 17.8 Å². The van der Waals surface area contributed by atoms with E-state index in [1.54, 1.807) is 0 Å². The molecule has 0 amide bonds. The Morgan fingerprint density at radius 2 is 2.00 bits per heavy atom. The van der Waals surface area contributed by atoms with Gasteiger partial charge in [-0.3, -0.25) is 0 Å². The second-order valence-electron chi connectivity index (χ2n) is 5.21. The molecule has 0 aromatic carbocycles. The van der Waals surface area contributed by atoms with Crippen LogP contribution in [0.25, 0.3) is 0 Å². The van der Waals surface area contributed by atoms with Crippen molar-refractivity contribution in [3.63, 3.8) is 0 Å². The van der Waals surface area contributed by atoms with E-state index in [1.807, 2.05) is 0 Å². The molecule has 1 nitrogen and oxygen atoms in total. The monoisotopic (exact) mass is 192 g/mol. The Hall–Kier alpha value is -0.590. The summed E-state index contributed by atoms with van der Waals surface area (Å²) in [6.45, 7) is 4.33. The van der Waals surface area contributed by atoms with Gasteiger partial charge in [0.15, 0.2) is 0 Å². The van der Waals surface area contributed by atoms with Crippen LogP contribution in [0.5, 0.6) is 0 Å². The highest BCUT2D eigenvalue weighted by Gasteiger charge is 2.44. The van der Waals surface area contributed by atoms with Crippen molar-refractivity contribution < 1.29 is 4.79 Å². The molecule has 1 saturated carbocycles. The number of rotatable bonds is 1. The minimum absolute atomic E-state index is 0.0974. The van der Waals surface area contributed by atoms with Crippen LogP contribution in [0.15, 0.2) is 12.2 Å². The zero-order valence-corrected chi connectivity index (χ0v) is 9.20. The zero-order chi connectivity index (χ0) is 10.2. The van der Waals surface area contributed by atoms with Crippen molar-refractivity contribution >= 4 is 6.29 Å². The van der Waals surface area contributed by atoms with Crippen molar-refractivity contribution in [2.75, 3.05) is 0 Å². The molecule has 2 rings (SSSR count). The third-order valence-corrected chi connectivity index (χ3v) is 4.50. The van der Waals surface area contributed by atoms with Crippen LogP contribution in [0.4, 0.5) is 0 Å². The van der Waals surface area contributed by atoms with Gasteiger partial charge in [0.05, 0.1) is 0 Å². The molecule has 1 fully saturated rings. The average molecular weight is 192 g/mol. The Labute approximate surface area is 86.6 Å². The minimum atomic E-state index is -0.0974. The number of carbonyl (C=O) groups is 1. The van der Waals surface area contributed by atoms with Gasteiger partial charge >= 0.3 is 0 Å². The van der Waals surface area contributed by atoms with Gasteiger partial charge in [-0.15, -0.1) is 0 Å². The van der Waals surface area contributed by atoms with E-state index in [-0.39, 0.29) is 5.41 Å². The first kappa shape index (κ1) is 9.95. The van der Waals surface area contributed by atoms with Crippen molar-refractivity contribution in [1.82, 2.24) is 0 Å². The molecular formula is C13H20O. The third-order valence-electron chi connectivity index (χ3n) is 4.50. The first-order chi connectivity index (χ1) is 6.68. The van der Waals surface area contributed by atoms with Crippen molar-refractivity contribution in [2.45, 2.75) is 39.5 Å². The summed E-state index contributed by atoms with van der Waals surface area (Å²) in [6, 6.07) is 0. The van der Waals surface area contributed by atoms with Gasteiger partial charge in [-0.1, -0.05) is 38.8 Å². The molecule has 1 heteroatoms. The molecule has 0 bridgehead atoms. The van der Waals surface area contributed by atoms with Crippen LogP contribution in [0.1, 0.15) is 39.5 Å². The summed E-state index contributed by atoms with van der Waals surface area (Å²) in [7, 11) is 0. The number of carbonyl (C=O) groups excluding carboxylic acids is 1. The zero-order valence-electron chi connectivity index (χ0n) is 9.20. The first-order valence-corrected chi connectivity index (χ1v) is 5.83. The molecule has 0 aromatic heterocycles. The summed E-state index contributed by atoms with van der Waals surface area (Å²) in [5.41, 5.74) is -0.0974. The molecule has 4 atom stereocenters. The number of fused-ring (bicyclic) bond motifs is 1. The molecule has 0 saturated heterocycles. The Bertz CT molecular complexity index is 256. The molecular weight excluding hydrogens is 172 g/mol. The van der Waals surface area contributed by atoms with Crippen LogP contribution in [0.2, 0.25) is 0 Å². The molecule has 2 aliphatic carbocycles. The van der Waals surface area contributed by atoms with Gasteiger partial charge < -0.3 is 4.79 Å². The van der Waals surface area contributed by atoms with Gasteiger partial charge in [-0.25, -0.2) is 0 Å². The summed E-state index contributed by atoms with van der Waals surface area (Å²) >= 11 is 0. The fourth-order valence-corrected chi connectivity index (χ4v) is 3.21. The SMILES string of the molecule is C[C@@H]1C=C[C@@H]2CCCC[C@H]2[C@]1(C)C=O. The van der Waals surface area contributed by atoms with Gasteiger partial charge in [-0.2, -0.15) is 0 Å². The topological polar surface area (TPSA) is 17.1 Å². The summed E-state index contributed by atoms with van der Waals surface area (Å²) in [5, 5.41) is 0. The largest absolute Gasteiger partial charge is 0.303 e. The van der Waals surface area contributed by atoms with Gasteiger partial charge in [-0.05, 0) is 30.6 Å². The van der Waals surface area contributed by atoms with Crippen LogP contribution < -0.4 is 0 Å². The number of aldehydes is 1. The maximum atomic E-state index is 11.3. The summed E-state index contributed by atoms with van der Waals surface area (Å²) in [4.78, 5) is 11.3. The van der Waals surface area contributed by atoms with Crippen molar-refractivity contribution in [3.05, 3.63) is 12.2 Å². The van der Waals surface area contributed by atoms with Crippen LogP contribution >= 0.6 is 0 Å². The fraction of sp³-hybridized carbons (Fsp3) is 0.769. The van der Waals surface area contributed by atoms with Crippen LogP contribution in [0.3, 0.4) is 0 Å². The molecule has 78 valence electrons. The average Bonchev–Trinajstić information content (AvgIpc) is 2.24. The fourth-order valence-electron chi connectivity index (χ4n) is 3.21. The second kappa shape index (κ2) is 3.52. The number of hydrogen-bond acceptors (Lipinski definition) is 1. The Kier molecular flexibility index (Phi) is 2.50. The van der Waals surface area contributed by atoms with E-state index in [1.165, 1.54) is 32.0 Å². The van der Waals surface area contributed by atoms with E-state index in [4.69, 9.17) is 0 Å². The lowest BCUT2D eigenvalue weighted by atomic mass is 9.57. The maximum Gasteiger partial charge on any atom is 0.126 e. The van der Waals surface area contributed by atoms with Gasteiger partial charge in [0.25, 0.3) is 0 Å². The lowest BCUT2D eigenvalue weighted by Gasteiger charge is -2.46. The molecule has 0 N–H and O–H groups in total. The molecule has 14 heavy (non-hydrogen) atoms. The Morgan fingerprint density at radius 3 is 2.71 bits per heavy atom. The molecule has 0 radical (unpaired) electrons. The van der Waals surface area contributed by atoms with E-state index >= 15 is 0 Å². The molecule has 0 aliphatic heterocycles. The Balaban J connectivity index is 2.30. The minimum Gasteiger partial charge on any atom is -0.303 e.